The second-order valence-corrected chi connectivity index (χ2v) is 5.67. The van der Waals surface area contributed by atoms with Crippen molar-refractivity contribution < 1.29 is 18.3 Å². The molecule has 5 nitrogen and oxygen atoms in total. The Kier molecular flexibility index (Phi) is 4.29. The Morgan fingerprint density at radius 3 is 2.83 bits per heavy atom. The van der Waals surface area contributed by atoms with E-state index < -0.39 is 11.7 Å². The Hall–Kier alpha value is -2.41. The maximum absolute atomic E-state index is 13.0. The number of benzene rings is 2. The molecule has 3 rings (SSSR count). The van der Waals surface area contributed by atoms with Crippen molar-refractivity contribution in [2.24, 2.45) is 0 Å². The predicted molar refractivity (Wildman–Crippen MR) is 84.4 cm³/mol. The van der Waals surface area contributed by atoms with Gasteiger partial charge in [-0.3, -0.25) is 9.36 Å². The number of esters is 1. The molecule has 0 atom stereocenters. The number of carbonyl (C=O) groups excluding carboxylic acids is 1. The quantitative estimate of drug-likeness (QED) is 0.652. The number of para-hydroxylation sites is 2. The molecular weight excluding hydrogens is 369 g/mol. The van der Waals surface area contributed by atoms with Crippen LogP contribution in [0.2, 0.25) is 0 Å². The highest BCUT2D eigenvalue weighted by Crippen LogP contribution is 2.19. The number of hydrogen-bond donors (Lipinski definition) is 0. The third-order valence-electron chi connectivity index (χ3n) is 3.26. The van der Waals surface area contributed by atoms with Crippen molar-refractivity contribution in [3.8, 4) is 0 Å². The molecule has 0 bridgehead atoms. The molecule has 0 saturated heterocycles. The number of aromatic nitrogens is 1. The Labute approximate surface area is 138 Å². The van der Waals surface area contributed by atoms with Gasteiger partial charge in [-0.1, -0.05) is 34.1 Å². The SMILES string of the molecule is O=C(Cn1c(=O)oc2ccccc21)OCc1ccc(F)cc1Br. The summed E-state index contributed by atoms with van der Waals surface area (Å²) in [7, 11) is 0. The van der Waals surface area contributed by atoms with Crippen molar-refractivity contribution in [3.63, 3.8) is 0 Å². The fraction of sp³-hybridized carbons (Fsp3) is 0.125. The Balaban J connectivity index is 1.72. The largest absolute Gasteiger partial charge is 0.459 e. The van der Waals surface area contributed by atoms with Gasteiger partial charge in [0.15, 0.2) is 5.58 Å². The number of ether oxygens (including phenoxy) is 1. The van der Waals surface area contributed by atoms with Crippen molar-refractivity contribution >= 4 is 33.0 Å². The average molecular weight is 380 g/mol. The lowest BCUT2D eigenvalue weighted by molar-refractivity contribution is -0.145. The predicted octanol–water partition coefficient (Wildman–Crippen LogP) is 3.24. The summed E-state index contributed by atoms with van der Waals surface area (Å²) in [5.41, 5.74) is 1.56. The van der Waals surface area contributed by atoms with Crippen LogP contribution in [0, 0.1) is 5.82 Å². The summed E-state index contributed by atoms with van der Waals surface area (Å²) in [6, 6.07) is 10.9. The van der Waals surface area contributed by atoms with Crippen LogP contribution < -0.4 is 5.76 Å². The van der Waals surface area contributed by atoms with Crippen LogP contribution in [0.3, 0.4) is 0 Å². The molecule has 1 aromatic heterocycles. The van der Waals surface area contributed by atoms with Gasteiger partial charge in [-0.05, 0) is 24.3 Å². The lowest BCUT2D eigenvalue weighted by atomic mass is 10.2. The summed E-state index contributed by atoms with van der Waals surface area (Å²) < 4.78 is 24.9. The van der Waals surface area contributed by atoms with Gasteiger partial charge in [-0.2, -0.15) is 0 Å². The topological polar surface area (TPSA) is 61.4 Å². The van der Waals surface area contributed by atoms with Gasteiger partial charge in [0.1, 0.15) is 19.0 Å². The van der Waals surface area contributed by atoms with Gasteiger partial charge in [0.2, 0.25) is 0 Å². The van der Waals surface area contributed by atoms with Gasteiger partial charge >= 0.3 is 11.7 Å². The van der Waals surface area contributed by atoms with E-state index in [1.165, 1.54) is 22.8 Å². The van der Waals surface area contributed by atoms with Gasteiger partial charge in [0.05, 0.1) is 5.52 Å². The molecule has 7 heteroatoms. The standard InChI is InChI=1S/C16H11BrFNO4/c17-12-7-11(18)6-5-10(12)9-22-15(20)8-19-13-3-1-2-4-14(13)23-16(19)21/h1-7H,8-9H2. The fourth-order valence-electron chi connectivity index (χ4n) is 2.14. The van der Waals surface area contributed by atoms with Crippen LogP contribution in [0.5, 0.6) is 0 Å². The summed E-state index contributed by atoms with van der Waals surface area (Å²) >= 11 is 3.20. The molecule has 0 aliphatic carbocycles. The number of oxazole rings is 1. The minimum atomic E-state index is -0.619. The van der Waals surface area contributed by atoms with Crippen LogP contribution in [0.15, 0.2) is 56.1 Å². The minimum absolute atomic E-state index is 0.0236. The Morgan fingerprint density at radius 2 is 2.04 bits per heavy atom. The molecule has 0 aliphatic rings. The monoisotopic (exact) mass is 379 g/mol. The molecule has 2 aromatic carbocycles. The molecule has 0 N–H and O–H groups in total. The first-order valence-electron chi connectivity index (χ1n) is 6.72. The van der Waals surface area contributed by atoms with E-state index in [-0.39, 0.29) is 19.0 Å². The van der Waals surface area contributed by atoms with E-state index in [1.54, 1.807) is 24.3 Å². The van der Waals surface area contributed by atoms with Gasteiger partial charge in [-0.15, -0.1) is 0 Å². The molecule has 0 radical (unpaired) electrons. The maximum Gasteiger partial charge on any atom is 0.420 e. The number of hydrogen-bond acceptors (Lipinski definition) is 4. The van der Waals surface area contributed by atoms with E-state index in [1.807, 2.05) is 0 Å². The zero-order valence-corrected chi connectivity index (χ0v) is 13.4. The molecule has 0 unspecified atom stereocenters. The second kappa shape index (κ2) is 6.37. The summed E-state index contributed by atoms with van der Waals surface area (Å²) in [5.74, 6) is -1.59. The molecule has 118 valence electrons. The van der Waals surface area contributed by atoms with Crippen molar-refractivity contribution in [1.82, 2.24) is 4.57 Å². The molecular formula is C16H11BrFNO4. The first-order chi connectivity index (χ1) is 11.0. The van der Waals surface area contributed by atoms with Gasteiger partial charge in [0.25, 0.3) is 0 Å². The molecule has 0 aliphatic heterocycles. The third kappa shape index (κ3) is 3.34. The van der Waals surface area contributed by atoms with Crippen LogP contribution in [0.1, 0.15) is 5.56 Å². The zero-order valence-electron chi connectivity index (χ0n) is 11.8. The van der Waals surface area contributed by atoms with Crippen LogP contribution in [0.4, 0.5) is 4.39 Å². The van der Waals surface area contributed by atoms with E-state index >= 15 is 0 Å². The second-order valence-electron chi connectivity index (χ2n) is 4.82. The molecule has 0 saturated carbocycles. The molecule has 0 fully saturated rings. The van der Waals surface area contributed by atoms with Crippen LogP contribution in [0.25, 0.3) is 11.1 Å². The highest BCUT2D eigenvalue weighted by atomic mass is 79.9. The highest BCUT2D eigenvalue weighted by Gasteiger charge is 2.13. The van der Waals surface area contributed by atoms with Gasteiger partial charge in [-0.25, -0.2) is 9.18 Å². The van der Waals surface area contributed by atoms with Crippen LogP contribution >= 0.6 is 15.9 Å². The van der Waals surface area contributed by atoms with E-state index in [4.69, 9.17) is 9.15 Å². The van der Waals surface area contributed by atoms with E-state index in [0.29, 0.717) is 21.1 Å². The first kappa shape index (κ1) is 15.5. The van der Waals surface area contributed by atoms with Crippen LogP contribution in [-0.4, -0.2) is 10.5 Å². The number of rotatable bonds is 4. The van der Waals surface area contributed by atoms with Crippen molar-refractivity contribution in [2.45, 2.75) is 13.2 Å². The normalized spacial score (nSPS) is 10.9. The third-order valence-corrected chi connectivity index (χ3v) is 4.00. The first-order valence-corrected chi connectivity index (χ1v) is 7.52. The number of halogens is 2. The van der Waals surface area contributed by atoms with Gasteiger partial charge in [0, 0.05) is 10.0 Å². The number of fused-ring (bicyclic) bond motifs is 1. The molecule has 3 aromatic rings. The lowest BCUT2D eigenvalue weighted by Gasteiger charge is -2.07. The van der Waals surface area contributed by atoms with Crippen LogP contribution in [-0.2, 0) is 22.7 Å². The smallest absolute Gasteiger partial charge is 0.420 e. The summed E-state index contributed by atoms with van der Waals surface area (Å²) in [6.45, 7) is -0.279. The molecule has 1 heterocycles. The minimum Gasteiger partial charge on any atom is -0.459 e. The number of carbonyl (C=O) groups is 1. The summed E-state index contributed by atoms with van der Waals surface area (Å²) in [6.07, 6.45) is 0. The zero-order chi connectivity index (χ0) is 16.4. The maximum atomic E-state index is 13.0. The molecule has 23 heavy (non-hydrogen) atoms. The molecule has 0 spiro atoms. The highest BCUT2D eigenvalue weighted by molar-refractivity contribution is 9.10. The lowest BCUT2D eigenvalue weighted by Crippen LogP contribution is -2.21. The van der Waals surface area contributed by atoms with E-state index in [2.05, 4.69) is 15.9 Å². The Bertz CT molecular complexity index is 931. The van der Waals surface area contributed by atoms with Gasteiger partial charge < -0.3 is 9.15 Å². The Morgan fingerprint density at radius 1 is 1.26 bits per heavy atom. The van der Waals surface area contributed by atoms with E-state index in [9.17, 15) is 14.0 Å². The fourth-order valence-corrected chi connectivity index (χ4v) is 2.60. The molecule has 0 amide bonds. The van der Waals surface area contributed by atoms with E-state index in [0.717, 1.165) is 0 Å². The van der Waals surface area contributed by atoms with Crippen molar-refractivity contribution in [1.29, 1.82) is 0 Å². The average Bonchev–Trinajstić information content (AvgIpc) is 2.82. The number of nitrogens with zero attached hydrogens (tertiary/aromatic N) is 1. The summed E-state index contributed by atoms with van der Waals surface area (Å²) in [5, 5.41) is 0. The summed E-state index contributed by atoms with van der Waals surface area (Å²) in [4.78, 5) is 23.7. The van der Waals surface area contributed by atoms with Crippen molar-refractivity contribution in [3.05, 3.63) is 68.9 Å². The van der Waals surface area contributed by atoms with Crippen molar-refractivity contribution in [2.75, 3.05) is 0 Å².